The third-order valence-corrected chi connectivity index (χ3v) is 4.00. The summed E-state index contributed by atoms with van der Waals surface area (Å²) < 4.78 is 0. The molecule has 2 heterocycles. The molecule has 0 fully saturated rings. The van der Waals surface area contributed by atoms with Crippen molar-refractivity contribution >= 4 is 23.1 Å². The second-order valence-electron chi connectivity index (χ2n) is 5.40. The first-order chi connectivity index (χ1) is 10.7. The number of fused-ring (bicyclic) bond motifs is 4. The van der Waals surface area contributed by atoms with Crippen molar-refractivity contribution in [2.45, 2.75) is 13.5 Å². The number of para-hydroxylation sites is 2. The Morgan fingerprint density at radius 3 is 2.73 bits per heavy atom. The van der Waals surface area contributed by atoms with E-state index in [4.69, 9.17) is 4.98 Å². The summed E-state index contributed by atoms with van der Waals surface area (Å²) in [5.74, 6) is 0.856. The molecule has 2 aliphatic heterocycles. The highest BCUT2D eigenvalue weighted by atomic mass is 16.2. The van der Waals surface area contributed by atoms with E-state index in [1.165, 1.54) is 0 Å². The Morgan fingerprint density at radius 1 is 1.09 bits per heavy atom. The first kappa shape index (κ1) is 12.8. The van der Waals surface area contributed by atoms with Crippen LogP contribution in [0.15, 0.2) is 54.6 Å². The van der Waals surface area contributed by atoms with Gasteiger partial charge in [0.1, 0.15) is 5.82 Å². The lowest BCUT2D eigenvalue weighted by molar-refractivity contribution is -0.116. The van der Waals surface area contributed by atoms with Gasteiger partial charge in [-0.1, -0.05) is 36.4 Å². The van der Waals surface area contributed by atoms with Crippen LogP contribution in [0.2, 0.25) is 0 Å². The van der Waals surface area contributed by atoms with Gasteiger partial charge in [-0.15, -0.1) is 0 Å². The average Bonchev–Trinajstić information content (AvgIpc) is 2.69. The zero-order valence-electron chi connectivity index (χ0n) is 12.2. The molecule has 4 rings (SSSR count). The molecule has 22 heavy (non-hydrogen) atoms. The second-order valence-corrected chi connectivity index (χ2v) is 5.40. The number of aromatic nitrogens is 1. The Bertz CT molecular complexity index is 843. The van der Waals surface area contributed by atoms with E-state index in [9.17, 15) is 4.79 Å². The number of nitrogens with one attached hydrogen (secondary N) is 1. The summed E-state index contributed by atoms with van der Waals surface area (Å²) in [6, 6.07) is 17.8. The van der Waals surface area contributed by atoms with Crippen LogP contribution in [0.25, 0.3) is 11.3 Å². The number of carbonyl (C=O) groups excluding carboxylic acids is 1. The van der Waals surface area contributed by atoms with Gasteiger partial charge in [-0.2, -0.15) is 0 Å². The Labute approximate surface area is 128 Å². The normalized spacial score (nSPS) is 13.0. The summed E-state index contributed by atoms with van der Waals surface area (Å²) in [5, 5.41) is 3.38. The fraction of sp³-hybridized carbons (Fsp3) is 0.111. The van der Waals surface area contributed by atoms with E-state index in [-0.39, 0.29) is 5.91 Å². The lowest BCUT2D eigenvalue weighted by Crippen LogP contribution is -2.27. The number of nitrogens with zero attached hydrogens (tertiary/aromatic N) is 2. The molecule has 1 N–H and O–H groups in total. The minimum absolute atomic E-state index is 0.0248. The second kappa shape index (κ2) is 4.84. The number of amides is 1. The Hall–Kier alpha value is -2.88. The molecule has 0 saturated heterocycles. The first-order valence-corrected chi connectivity index (χ1v) is 7.26. The van der Waals surface area contributed by atoms with Gasteiger partial charge >= 0.3 is 0 Å². The number of benzene rings is 1. The Morgan fingerprint density at radius 2 is 1.86 bits per heavy atom. The SMILES string of the molecule is CC(=O)N1Cc2c3cccccc-3nc2Nc2ccccc21. The highest BCUT2D eigenvalue weighted by Crippen LogP contribution is 2.40. The van der Waals surface area contributed by atoms with Crippen molar-refractivity contribution in [2.75, 3.05) is 10.2 Å². The molecule has 0 saturated carbocycles. The number of anilines is 3. The molecule has 0 atom stereocenters. The van der Waals surface area contributed by atoms with Crippen molar-refractivity contribution in [3.63, 3.8) is 0 Å². The number of hydrogen-bond donors (Lipinski definition) is 1. The van der Waals surface area contributed by atoms with Crippen LogP contribution in [0, 0.1) is 0 Å². The number of hydrogen-bond acceptors (Lipinski definition) is 3. The number of carbonyl (C=O) groups is 1. The van der Waals surface area contributed by atoms with Gasteiger partial charge in [0, 0.05) is 18.1 Å². The standard InChI is InChI=1S/C18H15N3O/c1-12(22)21-11-14-13-7-3-2-4-8-15(13)19-18(14)20-16-9-5-6-10-17(16)21/h2-10H,11H2,1H3,(H,19,20). The van der Waals surface area contributed by atoms with Crippen LogP contribution in [-0.4, -0.2) is 10.9 Å². The molecule has 108 valence electrons. The zero-order chi connectivity index (χ0) is 15.1. The lowest BCUT2D eigenvalue weighted by Gasteiger charge is -2.21. The maximum Gasteiger partial charge on any atom is 0.224 e. The van der Waals surface area contributed by atoms with Crippen molar-refractivity contribution in [2.24, 2.45) is 0 Å². The lowest BCUT2D eigenvalue weighted by atomic mass is 10.1. The van der Waals surface area contributed by atoms with Gasteiger partial charge < -0.3 is 10.2 Å². The van der Waals surface area contributed by atoms with Crippen molar-refractivity contribution in [1.82, 2.24) is 4.98 Å². The molecule has 1 aliphatic carbocycles. The average molecular weight is 289 g/mol. The maximum absolute atomic E-state index is 12.1. The van der Waals surface area contributed by atoms with Gasteiger partial charge in [0.05, 0.1) is 23.6 Å². The fourth-order valence-electron chi connectivity index (χ4n) is 2.94. The Balaban J connectivity index is 1.95. The monoisotopic (exact) mass is 289 g/mol. The number of rotatable bonds is 0. The summed E-state index contributed by atoms with van der Waals surface area (Å²) in [4.78, 5) is 18.6. The molecule has 4 nitrogen and oxygen atoms in total. The predicted molar refractivity (Wildman–Crippen MR) is 87.4 cm³/mol. The molecule has 0 bridgehead atoms. The highest BCUT2D eigenvalue weighted by Gasteiger charge is 2.26. The van der Waals surface area contributed by atoms with Crippen LogP contribution in [0.3, 0.4) is 0 Å². The van der Waals surface area contributed by atoms with Crippen LogP contribution in [0.1, 0.15) is 12.5 Å². The predicted octanol–water partition coefficient (Wildman–Crippen LogP) is 3.80. The van der Waals surface area contributed by atoms with Gasteiger partial charge in [0.2, 0.25) is 5.91 Å². The molecule has 0 aromatic heterocycles. The van der Waals surface area contributed by atoms with E-state index < -0.39 is 0 Å². The van der Waals surface area contributed by atoms with Gasteiger partial charge in [-0.3, -0.25) is 4.79 Å². The van der Waals surface area contributed by atoms with Crippen LogP contribution in [0.5, 0.6) is 0 Å². The molecule has 0 spiro atoms. The quantitative estimate of drug-likeness (QED) is 0.684. The molecular formula is C18H15N3O. The van der Waals surface area contributed by atoms with E-state index in [2.05, 4.69) is 11.4 Å². The third-order valence-electron chi connectivity index (χ3n) is 4.00. The first-order valence-electron chi connectivity index (χ1n) is 7.26. The Kier molecular flexibility index (Phi) is 2.82. The van der Waals surface area contributed by atoms with E-state index in [0.29, 0.717) is 6.54 Å². The zero-order valence-corrected chi connectivity index (χ0v) is 12.2. The van der Waals surface area contributed by atoms with E-state index in [0.717, 1.165) is 34.0 Å². The highest BCUT2D eigenvalue weighted by molar-refractivity contribution is 5.98. The van der Waals surface area contributed by atoms with Crippen LogP contribution in [-0.2, 0) is 11.3 Å². The topological polar surface area (TPSA) is 45.2 Å². The van der Waals surface area contributed by atoms with Crippen molar-refractivity contribution in [1.29, 1.82) is 0 Å². The van der Waals surface area contributed by atoms with Crippen molar-refractivity contribution in [3.05, 3.63) is 60.2 Å². The van der Waals surface area contributed by atoms with Crippen LogP contribution in [0.4, 0.5) is 17.2 Å². The molecule has 1 aromatic rings. The summed E-state index contributed by atoms with van der Waals surface area (Å²) in [6.45, 7) is 2.12. The minimum atomic E-state index is 0.0248. The molecule has 1 aromatic carbocycles. The van der Waals surface area contributed by atoms with E-state index >= 15 is 0 Å². The van der Waals surface area contributed by atoms with Crippen LogP contribution >= 0.6 is 0 Å². The largest absolute Gasteiger partial charge is 0.338 e. The minimum Gasteiger partial charge on any atom is -0.338 e. The fourth-order valence-corrected chi connectivity index (χ4v) is 2.94. The van der Waals surface area contributed by atoms with Gasteiger partial charge in [0.15, 0.2) is 0 Å². The molecule has 3 aliphatic rings. The molecule has 0 unspecified atom stereocenters. The van der Waals surface area contributed by atoms with Gasteiger partial charge in [0.25, 0.3) is 0 Å². The summed E-state index contributed by atoms with van der Waals surface area (Å²) in [6.07, 6.45) is 0. The van der Waals surface area contributed by atoms with Crippen molar-refractivity contribution < 1.29 is 4.79 Å². The van der Waals surface area contributed by atoms with E-state index in [1.54, 1.807) is 11.8 Å². The molecule has 1 amide bonds. The van der Waals surface area contributed by atoms with Crippen molar-refractivity contribution in [3.8, 4) is 11.3 Å². The summed E-state index contributed by atoms with van der Waals surface area (Å²) in [7, 11) is 0. The van der Waals surface area contributed by atoms with Gasteiger partial charge in [-0.05, 0) is 18.2 Å². The van der Waals surface area contributed by atoms with E-state index in [1.807, 2.05) is 48.5 Å². The summed E-state index contributed by atoms with van der Waals surface area (Å²) in [5.41, 5.74) is 4.86. The molecule has 0 radical (unpaired) electrons. The smallest absolute Gasteiger partial charge is 0.224 e. The maximum atomic E-state index is 12.1. The molecular weight excluding hydrogens is 274 g/mol. The van der Waals surface area contributed by atoms with Crippen LogP contribution < -0.4 is 10.2 Å². The van der Waals surface area contributed by atoms with Gasteiger partial charge in [-0.25, -0.2) is 4.98 Å². The summed E-state index contributed by atoms with van der Waals surface area (Å²) >= 11 is 0. The molecule has 4 heteroatoms. The third kappa shape index (κ3) is 1.92.